The molecule has 36 heavy (non-hydrogen) atoms. The zero-order chi connectivity index (χ0) is 24.9. The van der Waals surface area contributed by atoms with E-state index in [9.17, 15) is 4.79 Å². The predicted molar refractivity (Wildman–Crippen MR) is 128 cm³/mol. The minimum Gasteiger partial charge on any atom is -0.474 e. The van der Waals surface area contributed by atoms with Crippen LogP contribution in [0, 0.1) is 11.6 Å². The Morgan fingerprint density at radius 2 is 1.81 bits per heavy atom. The summed E-state index contributed by atoms with van der Waals surface area (Å²) in [6.45, 7) is 2.58. The number of amides is 1. The van der Waals surface area contributed by atoms with Crippen LogP contribution >= 0.6 is 0 Å². The molecule has 2 fully saturated rings. The van der Waals surface area contributed by atoms with Crippen LogP contribution in [0.1, 0.15) is 5.56 Å². The summed E-state index contributed by atoms with van der Waals surface area (Å²) < 4.78 is 46.4. The first-order valence-corrected chi connectivity index (χ1v) is 11.7. The third-order valence-electron chi connectivity index (χ3n) is 6.00. The van der Waals surface area contributed by atoms with Gasteiger partial charge >= 0.3 is 6.09 Å². The maximum atomic E-state index is 15.4. The Hall–Kier alpha value is -3.86. The topological polar surface area (TPSA) is 88.8 Å². The number of carbonyl (C=O) groups excluding carboxylic acids is 1. The number of halogens is 2. The molecule has 9 nitrogen and oxygen atoms in total. The van der Waals surface area contributed by atoms with Crippen molar-refractivity contribution in [3.8, 4) is 5.88 Å². The summed E-state index contributed by atoms with van der Waals surface area (Å²) in [5.41, 5.74) is 0.289. The number of hydrogen-bond donors (Lipinski definition) is 0. The number of fused-ring (bicyclic) bond motifs is 1. The summed E-state index contributed by atoms with van der Waals surface area (Å²) in [5.74, 6) is -2.43. The highest BCUT2D eigenvalue weighted by molar-refractivity contribution is 5.83. The molecule has 0 saturated carbocycles. The second-order valence-electron chi connectivity index (χ2n) is 8.35. The highest BCUT2D eigenvalue weighted by Gasteiger charge is 2.27. The van der Waals surface area contributed by atoms with Crippen LogP contribution in [0.2, 0.25) is 0 Å². The minimum absolute atomic E-state index is 0.0408. The molecule has 0 spiro atoms. The molecule has 11 heteroatoms. The number of nitrogens with zero attached hydrogens (tertiary/aromatic N) is 5. The quantitative estimate of drug-likeness (QED) is 0.427. The van der Waals surface area contributed by atoms with E-state index in [1.807, 2.05) is 42.5 Å². The van der Waals surface area contributed by atoms with Gasteiger partial charge in [0.25, 0.3) is 5.88 Å². The van der Waals surface area contributed by atoms with E-state index < -0.39 is 29.3 Å². The van der Waals surface area contributed by atoms with Crippen molar-refractivity contribution in [2.75, 3.05) is 57.5 Å². The molecule has 1 amide bonds. The Labute approximate surface area is 206 Å². The van der Waals surface area contributed by atoms with E-state index >= 15 is 8.78 Å². The second kappa shape index (κ2) is 10.8. The summed E-state index contributed by atoms with van der Waals surface area (Å²) in [7, 11) is 0. The first-order chi connectivity index (χ1) is 17.6. The lowest BCUT2D eigenvalue weighted by molar-refractivity contribution is 0.122. The standard InChI is InChI=1S/C25H25F2N5O4/c26-20-22(30-28-16-17-5-6-18-3-1-2-4-19(18)15-17)21(27)24(29-23(20)31-7-11-34-12-8-31)35-13-9-32-10-14-36-25(32)33/h1-6,15H,7-14,16H2. The van der Waals surface area contributed by atoms with E-state index in [1.165, 1.54) is 4.90 Å². The monoisotopic (exact) mass is 497 g/mol. The Bertz CT molecular complexity index is 1280. The average Bonchev–Trinajstić information content (AvgIpc) is 3.32. The number of benzene rings is 2. The van der Waals surface area contributed by atoms with Crippen molar-refractivity contribution in [1.29, 1.82) is 0 Å². The van der Waals surface area contributed by atoms with Crippen LogP contribution in [0.4, 0.5) is 25.1 Å². The molecule has 0 aliphatic carbocycles. The number of aromatic nitrogens is 1. The van der Waals surface area contributed by atoms with Crippen LogP contribution in [0.15, 0.2) is 52.7 Å². The molecule has 2 saturated heterocycles. The van der Waals surface area contributed by atoms with Gasteiger partial charge in [0, 0.05) is 13.1 Å². The first kappa shape index (κ1) is 23.9. The minimum atomic E-state index is -1.05. The number of azo groups is 1. The summed E-state index contributed by atoms with van der Waals surface area (Å²) in [6.07, 6.45) is -0.455. The molecule has 2 aliphatic rings. The van der Waals surface area contributed by atoms with E-state index in [0.717, 1.165) is 16.3 Å². The summed E-state index contributed by atoms with van der Waals surface area (Å²) in [6, 6.07) is 13.7. The zero-order valence-electron chi connectivity index (χ0n) is 19.5. The lowest BCUT2D eigenvalue weighted by Crippen LogP contribution is -2.37. The van der Waals surface area contributed by atoms with Crippen molar-refractivity contribution >= 4 is 28.4 Å². The van der Waals surface area contributed by atoms with Crippen LogP contribution in [0.5, 0.6) is 5.88 Å². The Balaban J connectivity index is 1.38. The number of anilines is 1. The van der Waals surface area contributed by atoms with Gasteiger partial charge in [-0.2, -0.15) is 14.5 Å². The lowest BCUT2D eigenvalue weighted by atomic mass is 10.1. The van der Waals surface area contributed by atoms with Crippen LogP contribution < -0.4 is 9.64 Å². The van der Waals surface area contributed by atoms with Gasteiger partial charge in [0.2, 0.25) is 5.82 Å². The van der Waals surface area contributed by atoms with Crippen LogP contribution in [-0.2, 0) is 16.0 Å². The highest BCUT2D eigenvalue weighted by atomic mass is 19.1. The maximum absolute atomic E-state index is 15.4. The van der Waals surface area contributed by atoms with E-state index in [2.05, 4.69) is 15.2 Å². The highest BCUT2D eigenvalue weighted by Crippen LogP contribution is 2.35. The van der Waals surface area contributed by atoms with Crippen LogP contribution in [0.3, 0.4) is 0 Å². The number of rotatable bonds is 8. The van der Waals surface area contributed by atoms with Gasteiger partial charge in [-0.15, -0.1) is 5.11 Å². The van der Waals surface area contributed by atoms with Crippen LogP contribution in [0.25, 0.3) is 10.8 Å². The van der Waals surface area contributed by atoms with Crippen molar-refractivity contribution in [2.24, 2.45) is 10.2 Å². The molecule has 5 rings (SSSR count). The SMILES string of the molecule is O=C1OCCN1CCOc1nc(N2CCOCC2)c(F)c(N=NCc2ccc3ccccc3c2)c1F. The Morgan fingerprint density at radius 1 is 1.00 bits per heavy atom. The Kier molecular flexibility index (Phi) is 7.17. The molecular formula is C25H25F2N5O4. The number of hydrogen-bond acceptors (Lipinski definition) is 8. The molecule has 2 aromatic carbocycles. The van der Waals surface area contributed by atoms with E-state index in [0.29, 0.717) is 39.5 Å². The maximum Gasteiger partial charge on any atom is 0.410 e. The van der Waals surface area contributed by atoms with Gasteiger partial charge in [-0.05, 0) is 22.4 Å². The molecule has 0 atom stereocenters. The molecule has 3 aromatic rings. The molecule has 2 aliphatic heterocycles. The molecular weight excluding hydrogens is 472 g/mol. The van der Waals surface area contributed by atoms with E-state index in [1.54, 1.807) is 4.90 Å². The zero-order valence-corrected chi connectivity index (χ0v) is 19.5. The summed E-state index contributed by atoms with van der Waals surface area (Å²) in [4.78, 5) is 18.8. The Morgan fingerprint density at radius 3 is 2.58 bits per heavy atom. The third-order valence-corrected chi connectivity index (χ3v) is 6.00. The second-order valence-corrected chi connectivity index (χ2v) is 8.35. The van der Waals surface area contributed by atoms with Gasteiger partial charge in [0.1, 0.15) is 13.2 Å². The fourth-order valence-electron chi connectivity index (χ4n) is 4.07. The number of pyridine rings is 1. The first-order valence-electron chi connectivity index (χ1n) is 11.7. The van der Waals surface area contributed by atoms with Gasteiger partial charge < -0.3 is 24.0 Å². The summed E-state index contributed by atoms with van der Waals surface area (Å²) >= 11 is 0. The van der Waals surface area contributed by atoms with Gasteiger partial charge in [-0.1, -0.05) is 36.4 Å². The third kappa shape index (κ3) is 5.20. The molecule has 188 valence electrons. The van der Waals surface area contributed by atoms with Crippen molar-refractivity contribution in [3.63, 3.8) is 0 Å². The fraction of sp³-hybridized carbons (Fsp3) is 0.360. The van der Waals surface area contributed by atoms with Gasteiger partial charge in [0.05, 0.1) is 32.8 Å². The fourth-order valence-corrected chi connectivity index (χ4v) is 4.07. The number of ether oxygens (including phenoxy) is 3. The normalized spacial score (nSPS) is 16.2. The van der Waals surface area contributed by atoms with Crippen molar-refractivity contribution < 1.29 is 27.8 Å². The molecule has 0 unspecified atom stereocenters. The van der Waals surface area contributed by atoms with E-state index in [-0.39, 0.29) is 25.5 Å². The van der Waals surface area contributed by atoms with Crippen LogP contribution in [-0.4, -0.2) is 68.6 Å². The lowest BCUT2D eigenvalue weighted by Gasteiger charge is -2.28. The van der Waals surface area contributed by atoms with Gasteiger partial charge in [-0.3, -0.25) is 0 Å². The largest absolute Gasteiger partial charge is 0.474 e. The molecule has 3 heterocycles. The van der Waals surface area contributed by atoms with E-state index in [4.69, 9.17) is 14.2 Å². The van der Waals surface area contributed by atoms with Gasteiger partial charge in [0.15, 0.2) is 17.3 Å². The van der Waals surface area contributed by atoms with Crippen molar-refractivity contribution in [1.82, 2.24) is 9.88 Å². The number of cyclic esters (lactones) is 1. The molecule has 0 radical (unpaired) electrons. The van der Waals surface area contributed by atoms with Gasteiger partial charge in [-0.25, -0.2) is 9.18 Å². The number of carbonyl (C=O) groups is 1. The molecule has 1 aromatic heterocycles. The predicted octanol–water partition coefficient (Wildman–Crippen LogP) is 4.46. The smallest absolute Gasteiger partial charge is 0.410 e. The molecule has 0 N–H and O–H groups in total. The van der Waals surface area contributed by atoms with Crippen molar-refractivity contribution in [2.45, 2.75) is 6.54 Å². The van der Waals surface area contributed by atoms with Crippen molar-refractivity contribution in [3.05, 3.63) is 59.7 Å². The summed E-state index contributed by atoms with van der Waals surface area (Å²) in [5, 5.41) is 10.1. The number of morpholine rings is 1. The molecule has 0 bridgehead atoms. The average molecular weight is 498 g/mol.